The molecule has 1 unspecified atom stereocenters. The summed E-state index contributed by atoms with van der Waals surface area (Å²) in [5.74, 6) is 1.17. The first-order valence-corrected chi connectivity index (χ1v) is 8.96. The Hall–Kier alpha value is -1.30. The SMILES string of the molecule is CC(CNC(=O)CCOc1cccc(Cl)c1)CN1CCN(C)CC1. The molecule has 5 nitrogen and oxygen atoms in total. The Kier molecular flexibility index (Phi) is 7.82. The minimum absolute atomic E-state index is 0.0299. The predicted octanol–water partition coefficient (Wildman–Crippen LogP) is 2.11. The molecule has 134 valence electrons. The summed E-state index contributed by atoms with van der Waals surface area (Å²) < 4.78 is 5.54. The van der Waals surface area contributed by atoms with Gasteiger partial charge in [0.2, 0.25) is 5.91 Å². The fraction of sp³-hybridized carbons (Fsp3) is 0.611. The topological polar surface area (TPSA) is 44.8 Å². The maximum atomic E-state index is 11.9. The van der Waals surface area contributed by atoms with Crippen LogP contribution >= 0.6 is 11.6 Å². The summed E-state index contributed by atoms with van der Waals surface area (Å²) in [6.07, 6.45) is 0.355. The number of piperazine rings is 1. The molecular formula is C18H28ClN3O2. The summed E-state index contributed by atoms with van der Waals surface area (Å²) in [4.78, 5) is 16.7. The van der Waals surface area contributed by atoms with Crippen LogP contribution in [0, 0.1) is 5.92 Å². The van der Waals surface area contributed by atoms with E-state index in [9.17, 15) is 4.79 Å². The van der Waals surface area contributed by atoms with Crippen molar-refractivity contribution in [3.05, 3.63) is 29.3 Å². The minimum atomic E-state index is 0.0299. The normalized spacial score (nSPS) is 17.5. The molecule has 0 saturated carbocycles. The van der Waals surface area contributed by atoms with Gasteiger partial charge in [-0.15, -0.1) is 0 Å². The zero-order valence-corrected chi connectivity index (χ0v) is 15.4. The molecule has 1 fully saturated rings. The maximum Gasteiger partial charge on any atom is 0.223 e. The molecule has 0 aromatic heterocycles. The number of benzene rings is 1. The fourth-order valence-electron chi connectivity index (χ4n) is 2.73. The second kappa shape index (κ2) is 9.87. The lowest BCUT2D eigenvalue weighted by Crippen LogP contribution is -2.46. The zero-order chi connectivity index (χ0) is 17.4. The number of likely N-dealkylation sites (N-methyl/N-ethyl adjacent to an activating group) is 1. The highest BCUT2D eigenvalue weighted by molar-refractivity contribution is 6.30. The van der Waals surface area contributed by atoms with Crippen molar-refractivity contribution >= 4 is 17.5 Å². The van der Waals surface area contributed by atoms with E-state index in [0.29, 0.717) is 36.3 Å². The molecule has 1 saturated heterocycles. The van der Waals surface area contributed by atoms with Crippen molar-refractivity contribution < 1.29 is 9.53 Å². The number of carbonyl (C=O) groups excluding carboxylic acids is 1. The van der Waals surface area contributed by atoms with Gasteiger partial charge in [0, 0.05) is 44.3 Å². The summed E-state index contributed by atoms with van der Waals surface area (Å²) >= 11 is 5.89. The van der Waals surface area contributed by atoms with Gasteiger partial charge in [0.15, 0.2) is 0 Å². The molecule has 0 spiro atoms. The largest absolute Gasteiger partial charge is 0.493 e. The van der Waals surface area contributed by atoms with Crippen molar-refractivity contribution in [3.8, 4) is 5.75 Å². The lowest BCUT2D eigenvalue weighted by molar-refractivity contribution is -0.121. The molecule has 1 N–H and O–H groups in total. The number of nitrogens with zero attached hydrogens (tertiary/aromatic N) is 2. The summed E-state index contributed by atoms with van der Waals surface area (Å²) in [6.45, 7) is 8.76. The van der Waals surface area contributed by atoms with Gasteiger partial charge in [0.05, 0.1) is 13.0 Å². The molecule has 1 atom stereocenters. The first-order chi connectivity index (χ1) is 11.5. The predicted molar refractivity (Wildman–Crippen MR) is 97.7 cm³/mol. The number of halogens is 1. The van der Waals surface area contributed by atoms with Crippen molar-refractivity contribution in [2.45, 2.75) is 13.3 Å². The first kappa shape index (κ1) is 19.0. The third-order valence-corrected chi connectivity index (χ3v) is 4.44. The molecule has 0 aliphatic carbocycles. The molecule has 24 heavy (non-hydrogen) atoms. The van der Waals surface area contributed by atoms with Gasteiger partial charge in [-0.25, -0.2) is 0 Å². The monoisotopic (exact) mass is 353 g/mol. The second-order valence-corrected chi connectivity index (χ2v) is 7.01. The third-order valence-electron chi connectivity index (χ3n) is 4.21. The van der Waals surface area contributed by atoms with Crippen LogP contribution in [0.3, 0.4) is 0 Å². The first-order valence-electron chi connectivity index (χ1n) is 8.59. The highest BCUT2D eigenvalue weighted by Gasteiger charge is 2.16. The molecule has 1 amide bonds. The molecule has 1 aliphatic heterocycles. The van der Waals surface area contributed by atoms with E-state index < -0.39 is 0 Å². The van der Waals surface area contributed by atoms with Gasteiger partial charge < -0.3 is 19.9 Å². The number of ether oxygens (including phenoxy) is 1. The van der Waals surface area contributed by atoms with Crippen LogP contribution in [-0.4, -0.2) is 68.6 Å². The fourth-order valence-corrected chi connectivity index (χ4v) is 2.91. The van der Waals surface area contributed by atoms with Crippen LogP contribution in [0.15, 0.2) is 24.3 Å². The van der Waals surface area contributed by atoms with Crippen molar-refractivity contribution in [3.63, 3.8) is 0 Å². The Balaban J connectivity index is 1.57. The van der Waals surface area contributed by atoms with E-state index in [0.717, 1.165) is 32.7 Å². The molecule has 1 heterocycles. The zero-order valence-electron chi connectivity index (χ0n) is 14.6. The molecule has 0 radical (unpaired) electrons. The summed E-state index contributed by atoms with van der Waals surface area (Å²) in [5, 5.41) is 3.63. The number of nitrogens with one attached hydrogen (secondary N) is 1. The Bertz CT molecular complexity index is 519. The molecule has 0 bridgehead atoms. The Labute approximate surface area is 149 Å². The van der Waals surface area contributed by atoms with Crippen LogP contribution in [-0.2, 0) is 4.79 Å². The summed E-state index contributed by atoms with van der Waals surface area (Å²) in [6, 6.07) is 7.21. The molecule has 6 heteroatoms. The van der Waals surface area contributed by atoms with Crippen LogP contribution in [0.5, 0.6) is 5.75 Å². The second-order valence-electron chi connectivity index (χ2n) is 6.57. The number of hydrogen-bond acceptors (Lipinski definition) is 4. The lowest BCUT2D eigenvalue weighted by Gasteiger charge is -2.33. The van der Waals surface area contributed by atoms with Crippen molar-refractivity contribution in [2.24, 2.45) is 5.92 Å². The van der Waals surface area contributed by atoms with E-state index in [-0.39, 0.29) is 5.91 Å². The maximum absolute atomic E-state index is 11.9. The van der Waals surface area contributed by atoms with Gasteiger partial charge in [-0.1, -0.05) is 24.6 Å². The lowest BCUT2D eigenvalue weighted by atomic mass is 10.1. The molecule has 1 aromatic rings. The van der Waals surface area contributed by atoms with Crippen LogP contribution < -0.4 is 10.1 Å². The molecule has 2 rings (SSSR count). The number of rotatable bonds is 8. The Morgan fingerprint density at radius 2 is 2.08 bits per heavy atom. The van der Waals surface area contributed by atoms with Gasteiger partial charge in [-0.3, -0.25) is 4.79 Å². The van der Waals surface area contributed by atoms with Gasteiger partial charge >= 0.3 is 0 Å². The van der Waals surface area contributed by atoms with Crippen LogP contribution in [0.4, 0.5) is 0 Å². The molecule has 1 aliphatic rings. The van der Waals surface area contributed by atoms with Crippen LogP contribution in [0.1, 0.15) is 13.3 Å². The highest BCUT2D eigenvalue weighted by atomic mass is 35.5. The van der Waals surface area contributed by atoms with Crippen molar-refractivity contribution in [1.82, 2.24) is 15.1 Å². The number of carbonyl (C=O) groups is 1. The Morgan fingerprint density at radius 1 is 1.33 bits per heavy atom. The van der Waals surface area contributed by atoms with Crippen LogP contribution in [0.2, 0.25) is 5.02 Å². The van der Waals surface area contributed by atoms with Gasteiger partial charge in [0.1, 0.15) is 5.75 Å². The van der Waals surface area contributed by atoms with E-state index in [1.54, 1.807) is 12.1 Å². The average Bonchev–Trinajstić information content (AvgIpc) is 2.55. The summed E-state index contributed by atoms with van der Waals surface area (Å²) in [7, 11) is 2.16. The van der Waals surface area contributed by atoms with E-state index in [2.05, 4.69) is 29.1 Å². The number of amides is 1. The third kappa shape index (κ3) is 7.07. The highest BCUT2D eigenvalue weighted by Crippen LogP contribution is 2.17. The minimum Gasteiger partial charge on any atom is -0.493 e. The van der Waals surface area contributed by atoms with E-state index in [1.165, 1.54) is 0 Å². The molecule has 1 aromatic carbocycles. The standard InChI is InChI=1S/C18H28ClN3O2/c1-15(14-22-9-7-21(2)8-10-22)13-20-18(23)6-11-24-17-5-3-4-16(19)12-17/h3-5,12,15H,6-11,13-14H2,1-2H3,(H,20,23). The van der Waals surface area contributed by atoms with E-state index >= 15 is 0 Å². The smallest absolute Gasteiger partial charge is 0.223 e. The van der Waals surface area contributed by atoms with Gasteiger partial charge in [-0.05, 0) is 31.2 Å². The van der Waals surface area contributed by atoms with Crippen molar-refractivity contribution in [2.75, 3.05) is 52.9 Å². The van der Waals surface area contributed by atoms with Crippen LogP contribution in [0.25, 0.3) is 0 Å². The van der Waals surface area contributed by atoms with E-state index in [1.807, 2.05) is 12.1 Å². The molecular weight excluding hydrogens is 326 g/mol. The van der Waals surface area contributed by atoms with Gasteiger partial charge in [-0.2, -0.15) is 0 Å². The van der Waals surface area contributed by atoms with E-state index in [4.69, 9.17) is 16.3 Å². The number of hydrogen-bond donors (Lipinski definition) is 1. The average molecular weight is 354 g/mol. The van der Waals surface area contributed by atoms with Gasteiger partial charge in [0.25, 0.3) is 0 Å². The quantitative estimate of drug-likeness (QED) is 0.777. The Morgan fingerprint density at radius 3 is 2.79 bits per heavy atom. The summed E-state index contributed by atoms with van der Waals surface area (Å²) in [5.41, 5.74) is 0. The van der Waals surface area contributed by atoms with Crippen molar-refractivity contribution in [1.29, 1.82) is 0 Å².